The van der Waals surface area contributed by atoms with E-state index in [0.717, 1.165) is 17.9 Å². The van der Waals surface area contributed by atoms with E-state index in [2.05, 4.69) is 10.6 Å². The topological polar surface area (TPSA) is 50.4 Å². The summed E-state index contributed by atoms with van der Waals surface area (Å²) in [6.07, 6.45) is 0. The Bertz CT molecular complexity index is 365. The van der Waals surface area contributed by atoms with Gasteiger partial charge in [0.15, 0.2) is 0 Å². The molecule has 1 aliphatic heterocycles. The second-order valence-electron chi connectivity index (χ2n) is 3.42. The van der Waals surface area contributed by atoms with Gasteiger partial charge in [-0.05, 0) is 6.07 Å². The van der Waals surface area contributed by atoms with Crippen molar-refractivity contribution in [2.75, 3.05) is 20.2 Å². The van der Waals surface area contributed by atoms with Crippen LogP contribution in [0, 0.1) is 0 Å². The Hall–Kier alpha value is -1.55. The molecule has 4 heteroatoms. The first kappa shape index (κ1) is 9.98. The van der Waals surface area contributed by atoms with E-state index in [1.807, 2.05) is 24.3 Å². The Balaban J connectivity index is 2.30. The first-order valence-corrected chi connectivity index (χ1v) is 4.97. The van der Waals surface area contributed by atoms with Gasteiger partial charge in [-0.25, -0.2) is 0 Å². The van der Waals surface area contributed by atoms with E-state index < -0.39 is 0 Å². The number of hydrogen-bond donors (Lipinski definition) is 2. The minimum absolute atomic E-state index is 0.00532. The predicted molar refractivity (Wildman–Crippen MR) is 56.7 cm³/mol. The maximum atomic E-state index is 11.6. The quantitative estimate of drug-likeness (QED) is 0.739. The highest BCUT2D eigenvalue weighted by Crippen LogP contribution is 2.25. The van der Waals surface area contributed by atoms with Crippen molar-refractivity contribution in [3.8, 4) is 5.75 Å². The fraction of sp³-hybridized carbons (Fsp3) is 0.364. The number of piperazine rings is 1. The summed E-state index contributed by atoms with van der Waals surface area (Å²) in [5, 5.41) is 5.99. The van der Waals surface area contributed by atoms with Crippen molar-refractivity contribution in [3.05, 3.63) is 29.8 Å². The van der Waals surface area contributed by atoms with E-state index >= 15 is 0 Å². The zero-order chi connectivity index (χ0) is 10.7. The van der Waals surface area contributed by atoms with Gasteiger partial charge in [-0.1, -0.05) is 18.2 Å². The van der Waals surface area contributed by atoms with Crippen molar-refractivity contribution in [1.29, 1.82) is 0 Å². The lowest BCUT2D eigenvalue weighted by Crippen LogP contribution is -2.47. The van der Waals surface area contributed by atoms with Crippen molar-refractivity contribution in [1.82, 2.24) is 10.6 Å². The molecule has 2 rings (SSSR count). The number of benzene rings is 1. The number of amides is 1. The van der Waals surface area contributed by atoms with Crippen molar-refractivity contribution in [3.63, 3.8) is 0 Å². The first-order valence-electron chi connectivity index (χ1n) is 4.97. The molecule has 4 nitrogen and oxygen atoms in total. The molecule has 0 saturated carbocycles. The van der Waals surface area contributed by atoms with Crippen molar-refractivity contribution in [2.24, 2.45) is 0 Å². The van der Waals surface area contributed by atoms with E-state index in [0.29, 0.717) is 6.54 Å². The molecule has 1 saturated heterocycles. The van der Waals surface area contributed by atoms with Gasteiger partial charge < -0.3 is 15.4 Å². The van der Waals surface area contributed by atoms with Gasteiger partial charge in [0.1, 0.15) is 11.8 Å². The summed E-state index contributed by atoms with van der Waals surface area (Å²) in [5.41, 5.74) is 0.886. The zero-order valence-electron chi connectivity index (χ0n) is 8.62. The van der Waals surface area contributed by atoms with E-state index in [-0.39, 0.29) is 11.9 Å². The van der Waals surface area contributed by atoms with Gasteiger partial charge in [-0.2, -0.15) is 0 Å². The van der Waals surface area contributed by atoms with E-state index in [9.17, 15) is 4.79 Å². The number of nitrogens with one attached hydrogen (secondary N) is 2. The van der Waals surface area contributed by atoms with E-state index in [4.69, 9.17) is 4.74 Å². The maximum Gasteiger partial charge on any atom is 0.241 e. The lowest BCUT2D eigenvalue weighted by atomic mass is 10.0. The number of carbonyl (C=O) groups is 1. The Labute approximate surface area is 88.6 Å². The van der Waals surface area contributed by atoms with Crippen molar-refractivity contribution < 1.29 is 9.53 Å². The monoisotopic (exact) mass is 206 g/mol. The summed E-state index contributed by atoms with van der Waals surface area (Å²) in [7, 11) is 1.61. The molecular formula is C11H14N2O2. The van der Waals surface area contributed by atoms with Crippen molar-refractivity contribution >= 4 is 5.91 Å². The molecule has 0 unspecified atom stereocenters. The van der Waals surface area contributed by atoms with Crippen LogP contribution in [0.4, 0.5) is 0 Å². The maximum absolute atomic E-state index is 11.6. The second kappa shape index (κ2) is 4.31. The average molecular weight is 206 g/mol. The minimum Gasteiger partial charge on any atom is -0.496 e. The second-order valence-corrected chi connectivity index (χ2v) is 3.42. The fourth-order valence-corrected chi connectivity index (χ4v) is 1.75. The molecular weight excluding hydrogens is 192 g/mol. The van der Waals surface area contributed by atoms with Crippen LogP contribution >= 0.6 is 0 Å². The largest absolute Gasteiger partial charge is 0.496 e. The third kappa shape index (κ3) is 1.94. The molecule has 0 aliphatic carbocycles. The highest BCUT2D eigenvalue weighted by Gasteiger charge is 2.25. The standard InChI is InChI=1S/C11H14N2O2/c1-15-9-5-3-2-4-8(9)10-11(14)13-7-6-12-10/h2-5,10,12H,6-7H2,1H3,(H,13,14)/t10-/m1/s1. The summed E-state index contributed by atoms with van der Waals surface area (Å²) >= 11 is 0. The highest BCUT2D eigenvalue weighted by molar-refractivity contribution is 5.84. The normalized spacial score (nSPS) is 20.9. The molecule has 15 heavy (non-hydrogen) atoms. The van der Waals surface area contributed by atoms with Gasteiger partial charge in [-0.3, -0.25) is 4.79 Å². The predicted octanol–water partition coefficient (Wildman–Crippen LogP) is 0.456. The van der Waals surface area contributed by atoms with E-state index in [1.54, 1.807) is 7.11 Å². The molecule has 1 fully saturated rings. The van der Waals surface area contributed by atoms with Gasteiger partial charge in [0.25, 0.3) is 0 Å². The lowest BCUT2D eigenvalue weighted by Gasteiger charge is -2.24. The summed E-state index contributed by atoms with van der Waals surface area (Å²) in [5.74, 6) is 0.748. The molecule has 1 aromatic rings. The molecule has 0 radical (unpaired) electrons. The SMILES string of the molecule is COc1ccccc1[C@H]1NCCNC1=O. The molecule has 1 aliphatic rings. The minimum atomic E-state index is -0.296. The summed E-state index contributed by atoms with van der Waals surface area (Å²) < 4.78 is 5.23. The van der Waals surface area contributed by atoms with Crippen LogP contribution in [-0.2, 0) is 4.79 Å². The number of hydrogen-bond acceptors (Lipinski definition) is 3. The van der Waals surface area contributed by atoms with Gasteiger partial charge in [0.05, 0.1) is 7.11 Å². The van der Waals surface area contributed by atoms with Gasteiger partial charge in [0, 0.05) is 18.7 Å². The number of ether oxygens (including phenoxy) is 1. The number of rotatable bonds is 2. The Kier molecular flexibility index (Phi) is 2.87. The summed E-state index contributed by atoms with van der Waals surface area (Å²) in [6.45, 7) is 1.47. The van der Waals surface area contributed by atoms with Gasteiger partial charge in [0.2, 0.25) is 5.91 Å². The van der Waals surface area contributed by atoms with Gasteiger partial charge >= 0.3 is 0 Å². The molecule has 1 atom stereocenters. The molecule has 1 aromatic carbocycles. The Morgan fingerprint density at radius 2 is 2.13 bits per heavy atom. The highest BCUT2D eigenvalue weighted by atomic mass is 16.5. The Morgan fingerprint density at radius 3 is 2.87 bits per heavy atom. The first-order chi connectivity index (χ1) is 7.33. The average Bonchev–Trinajstić information content (AvgIpc) is 2.30. The smallest absolute Gasteiger partial charge is 0.241 e. The number of para-hydroxylation sites is 1. The van der Waals surface area contributed by atoms with Gasteiger partial charge in [-0.15, -0.1) is 0 Å². The molecule has 80 valence electrons. The zero-order valence-corrected chi connectivity index (χ0v) is 8.62. The molecule has 2 N–H and O–H groups in total. The molecule has 1 amide bonds. The molecule has 1 heterocycles. The van der Waals surface area contributed by atoms with Crippen LogP contribution in [0.2, 0.25) is 0 Å². The Morgan fingerprint density at radius 1 is 1.33 bits per heavy atom. The summed E-state index contributed by atoms with van der Waals surface area (Å²) in [4.78, 5) is 11.6. The van der Waals surface area contributed by atoms with Crippen LogP contribution in [0.1, 0.15) is 11.6 Å². The molecule has 0 spiro atoms. The number of methoxy groups -OCH3 is 1. The third-order valence-corrected chi connectivity index (χ3v) is 2.48. The van der Waals surface area contributed by atoms with Crippen LogP contribution in [0.25, 0.3) is 0 Å². The van der Waals surface area contributed by atoms with Crippen LogP contribution in [-0.4, -0.2) is 26.1 Å². The number of carbonyl (C=O) groups excluding carboxylic acids is 1. The van der Waals surface area contributed by atoms with Crippen LogP contribution in [0.15, 0.2) is 24.3 Å². The van der Waals surface area contributed by atoms with Crippen LogP contribution in [0.5, 0.6) is 5.75 Å². The lowest BCUT2D eigenvalue weighted by molar-refractivity contribution is -0.124. The van der Waals surface area contributed by atoms with E-state index in [1.165, 1.54) is 0 Å². The van der Waals surface area contributed by atoms with Crippen LogP contribution in [0.3, 0.4) is 0 Å². The van der Waals surface area contributed by atoms with Crippen LogP contribution < -0.4 is 15.4 Å². The fourth-order valence-electron chi connectivity index (χ4n) is 1.75. The third-order valence-electron chi connectivity index (χ3n) is 2.48. The summed E-state index contributed by atoms with van der Waals surface area (Å²) in [6, 6.07) is 7.26. The van der Waals surface area contributed by atoms with Crippen molar-refractivity contribution in [2.45, 2.75) is 6.04 Å². The molecule has 0 aromatic heterocycles. The molecule has 0 bridgehead atoms.